The Hall–Kier alpha value is -1.90. The second-order valence-electron chi connectivity index (χ2n) is 4.00. The highest BCUT2D eigenvalue weighted by atomic mass is 35.5. The van der Waals surface area contributed by atoms with Crippen molar-refractivity contribution >= 4 is 17.3 Å². The monoisotopic (exact) mass is 309 g/mol. The Balaban J connectivity index is 2.38. The van der Waals surface area contributed by atoms with Crippen LogP contribution in [0, 0.1) is 0 Å². The molecule has 108 valence electrons. The number of anilines is 1. The van der Waals surface area contributed by atoms with Gasteiger partial charge in [-0.15, -0.1) is 5.10 Å². The summed E-state index contributed by atoms with van der Waals surface area (Å²) in [6, 6.07) is 4.22. The van der Waals surface area contributed by atoms with Gasteiger partial charge in [-0.25, -0.2) is 13.5 Å². The molecule has 5 nitrogen and oxygen atoms in total. The Labute approximate surface area is 115 Å². The summed E-state index contributed by atoms with van der Waals surface area (Å²) in [5.74, 6) is -4.37. The number of nitrogens with zero attached hydrogens (tertiary/aromatic N) is 4. The number of hydrogen-bond donors (Lipinski definition) is 1. The predicted molar refractivity (Wildman–Crippen MR) is 63.6 cm³/mol. The number of alkyl halides is 4. The Morgan fingerprint density at radius 3 is 2.60 bits per heavy atom. The predicted octanol–water partition coefficient (Wildman–Crippen LogP) is 2.48. The van der Waals surface area contributed by atoms with Gasteiger partial charge in [0.15, 0.2) is 5.82 Å². The molecule has 0 saturated heterocycles. The maximum absolute atomic E-state index is 13.0. The number of nitrogens with two attached hydrogens (primary N) is 1. The zero-order valence-electron chi connectivity index (χ0n) is 9.77. The van der Waals surface area contributed by atoms with E-state index in [9.17, 15) is 17.6 Å². The summed E-state index contributed by atoms with van der Waals surface area (Å²) in [5, 5.41) is 10.2. The highest BCUT2D eigenvalue weighted by molar-refractivity contribution is 6.31. The molecule has 0 aliphatic carbocycles. The quantitative estimate of drug-likeness (QED) is 0.696. The van der Waals surface area contributed by atoms with Gasteiger partial charge in [0.25, 0.3) is 0 Å². The van der Waals surface area contributed by atoms with Crippen molar-refractivity contribution in [1.82, 2.24) is 20.2 Å². The van der Waals surface area contributed by atoms with Gasteiger partial charge in [0.2, 0.25) is 0 Å². The molecule has 0 radical (unpaired) electrons. The van der Waals surface area contributed by atoms with Gasteiger partial charge in [0.05, 0.1) is 0 Å². The van der Waals surface area contributed by atoms with E-state index in [1.807, 2.05) is 0 Å². The topological polar surface area (TPSA) is 69.6 Å². The van der Waals surface area contributed by atoms with Crippen molar-refractivity contribution in [2.24, 2.45) is 0 Å². The maximum atomic E-state index is 13.0. The number of rotatable bonds is 4. The first-order chi connectivity index (χ1) is 9.29. The lowest BCUT2D eigenvalue weighted by atomic mass is 10.2. The van der Waals surface area contributed by atoms with Gasteiger partial charge >= 0.3 is 12.3 Å². The molecule has 0 atom stereocenters. The van der Waals surface area contributed by atoms with Crippen molar-refractivity contribution in [3.63, 3.8) is 0 Å². The van der Waals surface area contributed by atoms with E-state index in [0.29, 0.717) is 4.68 Å². The summed E-state index contributed by atoms with van der Waals surface area (Å²) < 4.78 is 51.1. The highest BCUT2D eigenvalue weighted by Crippen LogP contribution is 2.28. The van der Waals surface area contributed by atoms with Crippen LogP contribution in [0.25, 0.3) is 11.4 Å². The van der Waals surface area contributed by atoms with Crippen LogP contribution >= 0.6 is 11.6 Å². The van der Waals surface area contributed by atoms with E-state index >= 15 is 0 Å². The molecule has 2 rings (SSSR count). The molecule has 0 spiro atoms. The van der Waals surface area contributed by atoms with Crippen molar-refractivity contribution in [2.75, 3.05) is 5.73 Å². The van der Waals surface area contributed by atoms with Gasteiger partial charge in [-0.2, -0.15) is 8.78 Å². The zero-order chi connectivity index (χ0) is 14.9. The number of halogens is 5. The first-order valence-electron chi connectivity index (χ1n) is 5.28. The molecule has 0 amide bonds. The summed E-state index contributed by atoms with van der Waals surface area (Å²) in [6.07, 6.45) is -3.82. The molecule has 0 saturated carbocycles. The second-order valence-corrected chi connectivity index (χ2v) is 4.43. The Kier molecular flexibility index (Phi) is 3.80. The molecule has 1 heterocycles. The second kappa shape index (κ2) is 5.23. The van der Waals surface area contributed by atoms with Crippen LogP contribution in [0.5, 0.6) is 0 Å². The minimum Gasteiger partial charge on any atom is -0.399 e. The minimum absolute atomic E-state index is 0.125. The average molecular weight is 310 g/mol. The Bertz CT molecular complexity index is 595. The van der Waals surface area contributed by atoms with E-state index in [1.165, 1.54) is 18.2 Å². The lowest BCUT2D eigenvalue weighted by Gasteiger charge is -2.15. The molecule has 1 aromatic heterocycles. The Morgan fingerprint density at radius 2 is 2.00 bits per heavy atom. The molecule has 1 aromatic carbocycles. The van der Waals surface area contributed by atoms with Crippen LogP contribution in [-0.2, 0) is 6.54 Å². The molecule has 0 unspecified atom stereocenters. The molecule has 2 N–H and O–H groups in total. The van der Waals surface area contributed by atoms with Crippen LogP contribution < -0.4 is 5.73 Å². The minimum atomic E-state index is -4.24. The fraction of sp³-hybridized carbons (Fsp3) is 0.300. The lowest BCUT2D eigenvalue weighted by molar-refractivity contribution is -0.139. The van der Waals surface area contributed by atoms with Crippen molar-refractivity contribution in [1.29, 1.82) is 0 Å². The average Bonchev–Trinajstić information content (AvgIpc) is 2.74. The standard InChI is InChI=1S/C10H8ClF4N5/c11-6-1-5(2-7(16)3-6)8-17-18-19-20(8)4-10(14,15)9(12)13/h1-3,9H,4,16H2. The van der Waals surface area contributed by atoms with Crippen molar-refractivity contribution in [3.05, 3.63) is 23.2 Å². The van der Waals surface area contributed by atoms with Crippen LogP contribution in [0.15, 0.2) is 18.2 Å². The van der Waals surface area contributed by atoms with Gasteiger partial charge in [0.1, 0.15) is 6.54 Å². The van der Waals surface area contributed by atoms with Crippen LogP contribution in [0.1, 0.15) is 0 Å². The van der Waals surface area contributed by atoms with E-state index in [-0.39, 0.29) is 22.1 Å². The summed E-state index contributed by atoms with van der Waals surface area (Å²) in [6.45, 7) is -1.35. The molecule has 0 fully saturated rings. The molecule has 0 aliphatic rings. The molecular formula is C10H8ClF4N5. The van der Waals surface area contributed by atoms with Gasteiger partial charge in [-0.1, -0.05) is 11.6 Å². The number of nitrogen functional groups attached to an aromatic ring is 1. The van der Waals surface area contributed by atoms with Crippen LogP contribution in [0.3, 0.4) is 0 Å². The van der Waals surface area contributed by atoms with E-state index in [4.69, 9.17) is 17.3 Å². The molecule has 0 aliphatic heterocycles. The highest BCUT2D eigenvalue weighted by Gasteiger charge is 2.42. The SMILES string of the molecule is Nc1cc(Cl)cc(-c2nnnn2CC(F)(F)C(F)F)c1. The van der Waals surface area contributed by atoms with Crippen LogP contribution in [0.2, 0.25) is 5.02 Å². The molecule has 20 heavy (non-hydrogen) atoms. The smallest absolute Gasteiger partial charge is 0.326 e. The normalized spacial score (nSPS) is 12.1. The molecular weight excluding hydrogens is 302 g/mol. The summed E-state index contributed by atoms with van der Waals surface area (Å²) in [4.78, 5) is 0. The summed E-state index contributed by atoms with van der Waals surface area (Å²) in [7, 11) is 0. The van der Waals surface area contributed by atoms with Gasteiger partial charge in [-0.3, -0.25) is 0 Å². The molecule has 10 heteroatoms. The Morgan fingerprint density at radius 1 is 1.30 bits per heavy atom. The van der Waals surface area contributed by atoms with Gasteiger partial charge in [-0.05, 0) is 28.6 Å². The van der Waals surface area contributed by atoms with E-state index in [0.717, 1.165) is 0 Å². The number of tetrazole rings is 1. The fourth-order valence-corrected chi connectivity index (χ4v) is 1.77. The van der Waals surface area contributed by atoms with E-state index in [2.05, 4.69) is 15.5 Å². The third kappa shape index (κ3) is 2.98. The number of benzene rings is 1. The molecule has 2 aromatic rings. The third-order valence-corrected chi connectivity index (χ3v) is 2.61. The van der Waals surface area contributed by atoms with E-state index in [1.54, 1.807) is 0 Å². The molecule has 0 bridgehead atoms. The first-order valence-corrected chi connectivity index (χ1v) is 5.66. The number of aromatic nitrogens is 4. The third-order valence-electron chi connectivity index (χ3n) is 2.39. The number of hydrogen-bond acceptors (Lipinski definition) is 4. The van der Waals surface area contributed by atoms with Gasteiger partial charge < -0.3 is 5.73 Å². The zero-order valence-corrected chi connectivity index (χ0v) is 10.5. The summed E-state index contributed by atoms with van der Waals surface area (Å²) in [5.41, 5.74) is 6.08. The lowest BCUT2D eigenvalue weighted by Crippen LogP contribution is -2.32. The first kappa shape index (κ1) is 14.5. The largest absolute Gasteiger partial charge is 0.399 e. The van der Waals surface area contributed by atoms with Crippen molar-refractivity contribution < 1.29 is 17.6 Å². The van der Waals surface area contributed by atoms with Crippen LogP contribution in [0.4, 0.5) is 23.2 Å². The maximum Gasteiger partial charge on any atom is 0.326 e. The van der Waals surface area contributed by atoms with Crippen molar-refractivity contribution in [2.45, 2.75) is 18.9 Å². The van der Waals surface area contributed by atoms with Crippen LogP contribution in [-0.4, -0.2) is 32.6 Å². The van der Waals surface area contributed by atoms with Gasteiger partial charge in [0, 0.05) is 16.3 Å². The van der Waals surface area contributed by atoms with E-state index < -0.39 is 18.9 Å². The fourth-order valence-electron chi connectivity index (χ4n) is 1.53. The summed E-state index contributed by atoms with van der Waals surface area (Å²) >= 11 is 5.78. The van der Waals surface area contributed by atoms with Crippen molar-refractivity contribution in [3.8, 4) is 11.4 Å².